The second-order valence-corrected chi connectivity index (χ2v) is 9.72. The number of ether oxygens (including phenoxy) is 2. The standard InChI is InChI=1S/C23H27NO6S/c1-15-13-16(2)21(17(3)14-15)31(27,28)24-11-9-19(10-12-24)23(26)30-20-7-5-18(6-8-20)22(25)29-4/h5-8,13-14,19H,9-12H2,1-4H3. The monoisotopic (exact) mass is 445 g/mol. The second-order valence-electron chi connectivity index (χ2n) is 7.84. The van der Waals surface area contributed by atoms with Crippen LogP contribution in [0.2, 0.25) is 0 Å². The number of carbonyl (C=O) groups excluding carboxylic acids is 2. The maximum absolute atomic E-state index is 13.2. The molecule has 1 aliphatic rings. The number of hydrogen-bond acceptors (Lipinski definition) is 6. The van der Waals surface area contributed by atoms with Gasteiger partial charge in [-0.25, -0.2) is 13.2 Å². The first-order valence-corrected chi connectivity index (χ1v) is 11.6. The Bertz CT molecular complexity index is 1060. The molecular formula is C23H27NO6S. The van der Waals surface area contributed by atoms with Crippen molar-refractivity contribution in [2.24, 2.45) is 5.92 Å². The molecule has 3 rings (SSSR count). The van der Waals surface area contributed by atoms with Crippen LogP contribution in [-0.4, -0.2) is 44.9 Å². The summed E-state index contributed by atoms with van der Waals surface area (Å²) < 4.78 is 37.9. The quantitative estimate of drug-likeness (QED) is 0.518. The van der Waals surface area contributed by atoms with Crippen LogP contribution in [0.25, 0.3) is 0 Å². The third-order valence-corrected chi connectivity index (χ3v) is 7.69. The topological polar surface area (TPSA) is 90.0 Å². The summed E-state index contributed by atoms with van der Waals surface area (Å²) in [4.78, 5) is 24.4. The Morgan fingerprint density at radius 3 is 2.03 bits per heavy atom. The van der Waals surface area contributed by atoms with Crippen LogP contribution >= 0.6 is 0 Å². The van der Waals surface area contributed by atoms with E-state index in [-0.39, 0.29) is 19.0 Å². The lowest BCUT2D eigenvalue weighted by atomic mass is 9.98. The summed E-state index contributed by atoms with van der Waals surface area (Å²) in [6.07, 6.45) is 0.782. The zero-order chi connectivity index (χ0) is 22.8. The van der Waals surface area contributed by atoms with Crippen molar-refractivity contribution in [3.8, 4) is 5.75 Å². The Morgan fingerprint density at radius 2 is 1.52 bits per heavy atom. The highest BCUT2D eigenvalue weighted by Crippen LogP contribution is 2.29. The van der Waals surface area contributed by atoms with E-state index in [1.165, 1.54) is 35.7 Å². The maximum Gasteiger partial charge on any atom is 0.337 e. The molecule has 7 nitrogen and oxygen atoms in total. The molecule has 0 aliphatic carbocycles. The number of sulfonamides is 1. The number of hydrogen-bond donors (Lipinski definition) is 0. The van der Waals surface area contributed by atoms with E-state index >= 15 is 0 Å². The number of esters is 2. The van der Waals surface area contributed by atoms with E-state index in [4.69, 9.17) is 4.74 Å². The lowest BCUT2D eigenvalue weighted by Crippen LogP contribution is -2.41. The first kappa shape index (κ1) is 23.0. The van der Waals surface area contributed by atoms with E-state index in [0.29, 0.717) is 29.1 Å². The highest BCUT2D eigenvalue weighted by molar-refractivity contribution is 7.89. The fourth-order valence-corrected chi connectivity index (χ4v) is 5.89. The third-order valence-electron chi connectivity index (χ3n) is 5.48. The summed E-state index contributed by atoms with van der Waals surface area (Å²) in [6, 6.07) is 9.86. The minimum Gasteiger partial charge on any atom is -0.465 e. The molecule has 31 heavy (non-hydrogen) atoms. The van der Waals surface area contributed by atoms with Gasteiger partial charge in [-0.2, -0.15) is 4.31 Å². The van der Waals surface area contributed by atoms with Crippen LogP contribution in [0, 0.1) is 26.7 Å². The van der Waals surface area contributed by atoms with Crippen molar-refractivity contribution >= 4 is 22.0 Å². The molecule has 1 heterocycles. The molecule has 0 aromatic heterocycles. The number of carbonyl (C=O) groups is 2. The molecule has 0 saturated carbocycles. The van der Waals surface area contributed by atoms with Crippen molar-refractivity contribution in [3.05, 3.63) is 58.7 Å². The summed E-state index contributed by atoms with van der Waals surface area (Å²) >= 11 is 0. The Morgan fingerprint density at radius 1 is 0.968 bits per heavy atom. The lowest BCUT2D eigenvalue weighted by molar-refractivity contribution is -0.140. The predicted molar refractivity (Wildman–Crippen MR) is 116 cm³/mol. The molecule has 0 N–H and O–H groups in total. The van der Waals surface area contributed by atoms with Crippen LogP contribution in [0.1, 0.15) is 39.9 Å². The Hall–Kier alpha value is -2.71. The zero-order valence-corrected chi connectivity index (χ0v) is 19.0. The van der Waals surface area contributed by atoms with Crippen molar-refractivity contribution < 1.29 is 27.5 Å². The van der Waals surface area contributed by atoms with E-state index in [2.05, 4.69) is 4.74 Å². The highest BCUT2D eigenvalue weighted by Gasteiger charge is 2.34. The van der Waals surface area contributed by atoms with Gasteiger partial charge >= 0.3 is 11.9 Å². The largest absolute Gasteiger partial charge is 0.465 e. The highest BCUT2D eigenvalue weighted by atomic mass is 32.2. The average Bonchev–Trinajstić information content (AvgIpc) is 2.72. The van der Waals surface area contributed by atoms with Crippen molar-refractivity contribution in [2.75, 3.05) is 20.2 Å². The van der Waals surface area contributed by atoms with E-state index < -0.39 is 22.0 Å². The Labute approximate surface area is 183 Å². The lowest BCUT2D eigenvalue weighted by Gasteiger charge is -2.31. The summed E-state index contributed by atoms with van der Waals surface area (Å²) in [6.45, 7) is 6.08. The number of aryl methyl sites for hydroxylation is 3. The number of benzene rings is 2. The fraction of sp³-hybridized carbons (Fsp3) is 0.391. The fourth-order valence-electron chi connectivity index (χ4n) is 4.01. The molecule has 2 aromatic rings. The molecule has 2 aromatic carbocycles. The van der Waals surface area contributed by atoms with Gasteiger partial charge in [0.15, 0.2) is 0 Å². The van der Waals surface area contributed by atoms with E-state index in [1.54, 1.807) is 0 Å². The van der Waals surface area contributed by atoms with Crippen LogP contribution in [0.4, 0.5) is 0 Å². The average molecular weight is 446 g/mol. The summed E-state index contributed by atoms with van der Waals surface area (Å²) in [5.74, 6) is -0.915. The molecule has 1 fully saturated rings. The van der Waals surface area contributed by atoms with Crippen LogP contribution in [-0.2, 0) is 19.6 Å². The number of piperidine rings is 1. The van der Waals surface area contributed by atoms with Crippen LogP contribution in [0.3, 0.4) is 0 Å². The van der Waals surface area contributed by atoms with Crippen molar-refractivity contribution in [1.82, 2.24) is 4.31 Å². The van der Waals surface area contributed by atoms with Crippen molar-refractivity contribution in [2.45, 2.75) is 38.5 Å². The number of methoxy groups -OCH3 is 1. The molecule has 0 atom stereocenters. The van der Waals surface area contributed by atoms with Crippen molar-refractivity contribution in [3.63, 3.8) is 0 Å². The Kier molecular flexibility index (Phi) is 6.81. The van der Waals surface area contributed by atoms with Crippen LogP contribution < -0.4 is 4.74 Å². The minimum absolute atomic E-state index is 0.260. The van der Waals surface area contributed by atoms with E-state index in [9.17, 15) is 18.0 Å². The zero-order valence-electron chi connectivity index (χ0n) is 18.2. The molecule has 8 heteroatoms. The van der Waals surface area contributed by atoms with Gasteiger partial charge in [0.25, 0.3) is 0 Å². The van der Waals surface area contributed by atoms with Gasteiger partial charge in [-0.1, -0.05) is 17.7 Å². The molecule has 0 radical (unpaired) electrons. The molecule has 0 unspecified atom stereocenters. The number of nitrogens with zero attached hydrogens (tertiary/aromatic N) is 1. The molecule has 1 saturated heterocycles. The van der Waals surface area contributed by atoms with E-state index in [0.717, 1.165) is 16.7 Å². The third kappa shape index (κ3) is 4.97. The smallest absolute Gasteiger partial charge is 0.337 e. The normalized spacial score (nSPS) is 15.5. The summed E-state index contributed by atoms with van der Waals surface area (Å²) in [5.41, 5.74) is 2.85. The van der Waals surface area contributed by atoms with Crippen LogP contribution in [0.15, 0.2) is 41.3 Å². The van der Waals surface area contributed by atoms with Crippen LogP contribution in [0.5, 0.6) is 5.75 Å². The van der Waals surface area contributed by atoms with Gasteiger partial charge in [0.2, 0.25) is 10.0 Å². The number of rotatable bonds is 5. The van der Waals surface area contributed by atoms with Gasteiger partial charge in [0, 0.05) is 13.1 Å². The summed E-state index contributed by atoms with van der Waals surface area (Å²) in [5, 5.41) is 0. The molecule has 0 bridgehead atoms. The van der Waals surface area contributed by atoms with Gasteiger partial charge in [0.1, 0.15) is 5.75 Å². The molecule has 1 aliphatic heterocycles. The first-order chi connectivity index (χ1) is 14.6. The van der Waals surface area contributed by atoms with Gasteiger partial charge in [-0.05, 0) is 69.0 Å². The van der Waals surface area contributed by atoms with Gasteiger partial charge in [-0.3, -0.25) is 4.79 Å². The Balaban J connectivity index is 1.64. The first-order valence-electron chi connectivity index (χ1n) is 10.1. The molecule has 0 spiro atoms. The van der Waals surface area contributed by atoms with Crippen molar-refractivity contribution in [1.29, 1.82) is 0 Å². The van der Waals surface area contributed by atoms with E-state index in [1.807, 2.05) is 32.9 Å². The SMILES string of the molecule is COC(=O)c1ccc(OC(=O)C2CCN(S(=O)(=O)c3c(C)cc(C)cc3C)CC2)cc1. The minimum atomic E-state index is -3.63. The molecule has 0 amide bonds. The van der Waals surface area contributed by atoms with Gasteiger partial charge in [0.05, 0.1) is 23.5 Å². The van der Waals surface area contributed by atoms with Gasteiger partial charge < -0.3 is 9.47 Å². The molecule has 166 valence electrons. The summed E-state index contributed by atoms with van der Waals surface area (Å²) in [7, 11) is -2.33. The maximum atomic E-state index is 13.2. The molecular weight excluding hydrogens is 418 g/mol. The second kappa shape index (κ2) is 9.20. The predicted octanol–water partition coefficient (Wildman–Crippen LogP) is 3.40. The van der Waals surface area contributed by atoms with Gasteiger partial charge in [-0.15, -0.1) is 0 Å².